The minimum Gasteiger partial charge on any atom is -0.493 e. The number of nitrogens with one attached hydrogen (secondary N) is 1. The van der Waals surface area contributed by atoms with Crippen LogP contribution in [-0.2, 0) is 4.79 Å². The minimum atomic E-state index is -0.911. The van der Waals surface area contributed by atoms with Crippen molar-refractivity contribution < 1.29 is 28.9 Å². The van der Waals surface area contributed by atoms with E-state index in [-0.39, 0.29) is 18.7 Å². The number of carboxylic acids is 1. The number of amides is 1. The zero-order chi connectivity index (χ0) is 19.2. The first-order valence-corrected chi connectivity index (χ1v) is 8.63. The first kappa shape index (κ1) is 18.6. The number of aliphatic carboxylic acids is 1. The smallest absolute Gasteiger partial charge is 0.303 e. The van der Waals surface area contributed by atoms with Gasteiger partial charge >= 0.3 is 5.97 Å². The van der Waals surface area contributed by atoms with Crippen LogP contribution in [0.25, 0.3) is 0 Å². The predicted octanol–water partition coefficient (Wildman–Crippen LogP) is 2.80. The van der Waals surface area contributed by atoms with Crippen LogP contribution in [0.5, 0.6) is 17.2 Å². The van der Waals surface area contributed by atoms with E-state index in [1.807, 2.05) is 30.3 Å². The molecule has 3 rings (SSSR count). The third-order valence-corrected chi connectivity index (χ3v) is 4.24. The highest BCUT2D eigenvalue weighted by Gasteiger charge is 2.23. The number of hydrogen-bond donors (Lipinski definition) is 2. The Balaban J connectivity index is 1.84. The van der Waals surface area contributed by atoms with Gasteiger partial charge in [0.05, 0.1) is 13.2 Å². The maximum atomic E-state index is 12.8. The molecular weight excluding hydrogens is 350 g/mol. The summed E-state index contributed by atoms with van der Waals surface area (Å²) in [5.74, 6) is 0.0909. The summed E-state index contributed by atoms with van der Waals surface area (Å²) in [5.41, 5.74) is 1.20. The monoisotopic (exact) mass is 371 g/mol. The summed E-state index contributed by atoms with van der Waals surface area (Å²) >= 11 is 0. The molecule has 2 aromatic rings. The van der Waals surface area contributed by atoms with Gasteiger partial charge in [-0.15, -0.1) is 0 Å². The summed E-state index contributed by atoms with van der Waals surface area (Å²) in [4.78, 5) is 23.8. The summed E-state index contributed by atoms with van der Waals surface area (Å²) in [6, 6.07) is 12.0. The first-order chi connectivity index (χ1) is 13.1. The summed E-state index contributed by atoms with van der Waals surface area (Å²) in [6.07, 6.45) is 0.233. The maximum Gasteiger partial charge on any atom is 0.303 e. The summed E-state index contributed by atoms with van der Waals surface area (Å²) in [6.45, 7) is 0.812. The van der Waals surface area contributed by atoms with Crippen molar-refractivity contribution in [3.05, 3.63) is 53.6 Å². The van der Waals surface area contributed by atoms with Crippen LogP contribution in [0.15, 0.2) is 42.5 Å². The molecule has 1 atom stereocenters. The molecule has 0 aliphatic carbocycles. The molecule has 0 bridgehead atoms. The van der Waals surface area contributed by atoms with Gasteiger partial charge in [-0.1, -0.05) is 30.3 Å². The maximum absolute atomic E-state index is 12.8. The number of hydrogen-bond acceptors (Lipinski definition) is 5. The van der Waals surface area contributed by atoms with E-state index in [4.69, 9.17) is 19.3 Å². The van der Waals surface area contributed by atoms with E-state index in [2.05, 4.69) is 5.32 Å². The molecule has 27 heavy (non-hydrogen) atoms. The lowest BCUT2D eigenvalue weighted by molar-refractivity contribution is -0.137. The number of benzene rings is 2. The van der Waals surface area contributed by atoms with Crippen LogP contribution in [-0.4, -0.2) is 37.3 Å². The molecule has 0 spiro atoms. The minimum absolute atomic E-state index is 0.0513. The summed E-state index contributed by atoms with van der Waals surface area (Å²) < 4.78 is 16.4. The topological polar surface area (TPSA) is 94.1 Å². The van der Waals surface area contributed by atoms with Gasteiger partial charge in [-0.2, -0.15) is 0 Å². The lowest BCUT2D eigenvalue weighted by atomic mass is 10.0. The molecule has 2 aromatic carbocycles. The number of carboxylic acid groups (broad SMARTS) is 1. The third-order valence-electron chi connectivity index (χ3n) is 4.24. The second-order valence-electron chi connectivity index (χ2n) is 6.07. The molecule has 1 amide bonds. The molecule has 2 N–H and O–H groups in total. The van der Waals surface area contributed by atoms with Crippen molar-refractivity contribution in [3.8, 4) is 17.2 Å². The standard InChI is InChI=1S/C20H21NO6/c1-25-16-11-14(12-17-19(16)27-10-9-26-17)20(24)21-15(7-8-18(22)23)13-5-3-2-4-6-13/h2-6,11-12,15H,7-10H2,1H3,(H,21,24)(H,22,23). The Morgan fingerprint density at radius 3 is 2.63 bits per heavy atom. The average Bonchev–Trinajstić information content (AvgIpc) is 2.70. The van der Waals surface area contributed by atoms with E-state index in [1.54, 1.807) is 12.1 Å². The van der Waals surface area contributed by atoms with Gasteiger partial charge in [0.2, 0.25) is 5.75 Å². The number of methoxy groups -OCH3 is 1. The number of carbonyl (C=O) groups is 2. The van der Waals surface area contributed by atoms with E-state index in [1.165, 1.54) is 7.11 Å². The Morgan fingerprint density at radius 1 is 1.19 bits per heavy atom. The molecule has 0 aromatic heterocycles. The normalized spacial score (nSPS) is 13.5. The summed E-state index contributed by atoms with van der Waals surface area (Å²) in [5, 5.41) is 11.9. The van der Waals surface area contributed by atoms with Crippen LogP contribution in [0.1, 0.15) is 34.8 Å². The van der Waals surface area contributed by atoms with Crippen LogP contribution >= 0.6 is 0 Å². The van der Waals surface area contributed by atoms with Crippen molar-refractivity contribution in [1.82, 2.24) is 5.32 Å². The number of ether oxygens (including phenoxy) is 3. The molecule has 0 saturated carbocycles. The molecule has 7 nitrogen and oxygen atoms in total. The molecule has 0 saturated heterocycles. The highest BCUT2D eigenvalue weighted by atomic mass is 16.6. The Hall–Kier alpha value is -3.22. The van der Waals surface area contributed by atoms with E-state index >= 15 is 0 Å². The van der Waals surface area contributed by atoms with E-state index < -0.39 is 12.0 Å². The van der Waals surface area contributed by atoms with Gasteiger partial charge in [0.25, 0.3) is 5.91 Å². The van der Waals surface area contributed by atoms with E-state index in [0.717, 1.165) is 5.56 Å². The molecule has 1 heterocycles. The molecule has 0 fully saturated rings. The number of fused-ring (bicyclic) bond motifs is 1. The molecule has 7 heteroatoms. The first-order valence-electron chi connectivity index (χ1n) is 8.63. The second kappa shape index (κ2) is 8.44. The average molecular weight is 371 g/mol. The largest absolute Gasteiger partial charge is 0.493 e. The van der Waals surface area contributed by atoms with Crippen LogP contribution in [0.4, 0.5) is 0 Å². The quantitative estimate of drug-likeness (QED) is 0.777. The fraction of sp³-hybridized carbons (Fsp3) is 0.300. The van der Waals surface area contributed by atoms with Crippen LogP contribution in [0, 0.1) is 0 Å². The SMILES string of the molecule is COc1cc(C(=O)NC(CCC(=O)O)c2ccccc2)cc2c1OCCO2. The Kier molecular flexibility index (Phi) is 5.80. The van der Waals surface area contributed by atoms with Gasteiger partial charge in [-0.3, -0.25) is 9.59 Å². The van der Waals surface area contributed by atoms with Crippen LogP contribution < -0.4 is 19.5 Å². The molecule has 142 valence electrons. The molecular formula is C20H21NO6. The van der Waals surface area contributed by atoms with Crippen molar-refractivity contribution in [3.63, 3.8) is 0 Å². The lowest BCUT2D eigenvalue weighted by Gasteiger charge is -2.22. The Morgan fingerprint density at radius 2 is 1.93 bits per heavy atom. The lowest BCUT2D eigenvalue weighted by Crippen LogP contribution is -2.29. The summed E-state index contributed by atoms with van der Waals surface area (Å²) in [7, 11) is 1.49. The Bertz CT molecular complexity index is 803. The van der Waals surface area contributed by atoms with Gasteiger partial charge in [0.1, 0.15) is 13.2 Å². The van der Waals surface area contributed by atoms with Gasteiger partial charge in [0, 0.05) is 12.0 Å². The van der Waals surface area contributed by atoms with Crippen molar-refractivity contribution in [2.75, 3.05) is 20.3 Å². The zero-order valence-corrected chi connectivity index (χ0v) is 14.9. The predicted molar refractivity (Wildman–Crippen MR) is 97.5 cm³/mol. The Labute approximate surface area is 156 Å². The van der Waals surface area contributed by atoms with Crippen LogP contribution in [0.2, 0.25) is 0 Å². The fourth-order valence-corrected chi connectivity index (χ4v) is 2.92. The van der Waals surface area contributed by atoms with Crippen molar-refractivity contribution in [2.45, 2.75) is 18.9 Å². The van der Waals surface area contributed by atoms with Crippen molar-refractivity contribution in [2.24, 2.45) is 0 Å². The zero-order valence-electron chi connectivity index (χ0n) is 14.9. The van der Waals surface area contributed by atoms with Gasteiger partial charge in [-0.25, -0.2) is 0 Å². The molecule has 1 aliphatic rings. The fourth-order valence-electron chi connectivity index (χ4n) is 2.92. The van der Waals surface area contributed by atoms with Gasteiger partial charge in [-0.05, 0) is 24.1 Å². The van der Waals surface area contributed by atoms with Crippen molar-refractivity contribution >= 4 is 11.9 Å². The number of carbonyl (C=O) groups excluding carboxylic acids is 1. The van der Waals surface area contributed by atoms with E-state index in [9.17, 15) is 9.59 Å². The van der Waals surface area contributed by atoms with Crippen LogP contribution in [0.3, 0.4) is 0 Å². The van der Waals surface area contributed by atoms with Gasteiger partial charge < -0.3 is 24.6 Å². The van der Waals surface area contributed by atoms with E-state index in [0.29, 0.717) is 36.0 Å². The number of rotatable bonds is 7. The van der Waals surface area contributed by atoms with Crippen molar-refractivity contribution in [1.29, 1.82) is 0 Å². The molecule has 1 unspecified atom stereocenters. The second-order valence-corrected chi connectivity index (χ2v) is 6.07. The van der Waals surface area contributed by atoms with Gasteiger partial charge in [0.15, 0.2) is 11.5 Å². The third kappa shape index (κ3) is 4.49. The highest BCUT2D eigenvalue weighted by molar-refractivity contribution is 5.96. The molecule has 1 aliphatic heterocycles. The molecule has 0 radical (unpaired) electrons. The highest BCUT2D eigenvalue weighted by Crippen LogP contribution is 2.40.